The number of rotatable bonds is 5. The summed E-state index contributed by atoms with van der Waals surface area (Å²) in [5.41, 5.74) is 1.72. The molecule has 21 heavy (non-hydrogen) atoms. The molecule has 0 radical (unpaired) electrons. The SMILES string of the molecule is COc1ccc(C(=O)O)cc1NCc1ccc(O)c(Br)c1. The maximum atomic E-state index is 11.0. The zero-order valence-corrected chi connectivity index (χ0v) is 12.8. The van der Waals surface area contributed by atoms with E-state index in [2.05, 4.69) is 21.2 Å². The number of aromatic hydroxyl groups is 1. The van der Waals surface area contributed by atoms with Crippen LogP contribution >= 0.6 is 15.9 Å². The number of ether oxygens (including phenoxy) is 1. The number of phenolic OH excluding ortho intramolecular Hbond substituents is 1. The van der Waals surface area contributed by atoms with Gasteiger partial charge in [-0.15, -0.1) is 0 Å². The lowest BCUT2D eigenvalue weighted by Crippen LogP contribution is -2.04. The number of halogens is 1. The van der Waals surface area contributed by atoms with Crippen LogP contribution in [0.5, 0.6) is 11.5 Å². The topological polar surface area (TPSA) is 78.8 Å². The zero-order chi connectivity index (χ0) is 15.4. The summed E-state index contributed by atoms with van der Waals surface area (Å²) in [4.78, 5) is 11.0. The Bertz CT molecular complexity index is 673. The van der Waals surface area contributed by atoms with Crippen molar-refractivity contribution in [3.63, 3.8) is 0 Å². The van der Waals surface area contributed by atoms with Gasteiger partial charge in [-0.25, -0.2) is 4.79 Å². The van der Waals surface area contributed by atoms with Crippen molar-refractivity contribution in [3.8, 4) is 11.5 Å². The van der Waals surface area contributed by atoms with Crippen molar-refractivity contribution >= 4 is 27.6 Å². The molecule has 0 aliphatic carbocycles. The van der Waals surface area contributed by atoms with E-state index in [1.54, 1.807) is 24.3 Å². The predicted octanol–water partition coefficient (Wildman–Crippen LogP) is 3.47. The second kappa shape index (κ2) is 6.49. The Labute approximate surface area is 130 Å². The molecule has 0 aliphatic rings. The van der Waals surface area contributed by atoms with E-state index in [4.69, 9.17) is 9.84 Å². The first-order valence-corrected chi connectivity index (χ1v) is 6.93. The van der Waals surface area contributed by atoms with E-state index in [-0.39, 0.29) is 11.3 Å². The summed E-state index contributed by atoms with van der Waals surface area (Å²) in [6, 6.07) is 9.78. The lowest BCUT2D eigenvalue weighted by atomic mass is 10.1. The molecule has 3 N–H and O–H groups in total. The minimum absolute atomic E-state index is 0.171. The molecule has 110 valence electrons. The first-order valence-electron chi connectivity index (χ1n) is 6.14. The van der Waals surface area contributed by atoms with E-state index in [0.29, 0.717) is 22.5 Å². The Morgan fingerprint density at radius 3 is 2.67 bits per heavy atom. The Balaban J connectivity index is 2.19. The second-order valence-electron chi connectivity index (χ2n) is 4.36. The third-order valence-corrected chi connectivity index (χ3v) is 3.58. The van der Waals surface area contributed by atoms with Crippen LogP contribution in [-0.4, -0.2) is 23.3 Å². The van der Waals surface area contributed by atoms with Crippen molar-refractivity contribution in [3.05, 3.63) is 52.0 Å². The maximum absolute atomic E-state index is 11.0. The van der Waals surface area contributed by atoms with E-state index in [1.807, 2.05) is 0 Å². The summed E-state index contributed by atoms with van der Waals surface area (Å²) in [6.07, 6.45) is 0. The minimum atomic E-state index is -0.993. The normalized spacial score (nSPS) is 10.2. The number of hydrogen-bond donors (Lipinski definition) is 3. The fraction of sp³-hybridized carbons (Fsp3) is 0.133. The standard InChI is InChI=1S/C15H14BrNO4/c1-21-14-5-3-10(15(19)20)7-12(14)17-8-9-2-4-13(18)11(16)6-9/h2-7,17-18H,8H2,1H3,(H,19,20). The molecule has 0 aliphatic heterocycles. The zero-order valence-electron chi connectivity index (χ0n) is 11.3. The summed E-state index contributed by atoms with van der Waals surface area (Å²) >= 11 is 3.25. The molecule has 2 aromatic carbocycles. The summed E-state index contributed by atoms with van der Waals surface area (Å²) in [5, 5.41) is 21.6. The van der Waals surface area contributed by atoms with Crippen molar-refractivity contribution in [2.75, 3.05) is 12.4 Å². The Kier molecular flexibility index (Phi) is 4.70. The number of aromatic carboxylic acids is 1. The summed E-state index contributed by atoms with van der Waals surface area (Å²) in [5.74, 6) is -0.255. The molecule has 0 unspecified atom stereocenters. The van der Waals surface area contributed by atoms with Crippen LogP contribution in [-0.2, 0) is 6.54 Å². The second-order valence-corrected chi connectivity index (χ2v) is 5.21. The van der Waals surface area contributed by atoms with Crippen molar-refractivity contribution in [2.45, 2.75) is 6.54 Å². The first kappa shape index (κ1) is 15.2. The van der Waals surface area contributed by atoms with Gasteiger partial charge in [0.15, 0.2) is 0 Å². The van der Waals surface area contributed by atoms with Crippen molar-refractivity contribution in [1.29, 1.82) is 0 Å². The average molecular weight is 352 g/mol. The molecule has 6 heteroatoms. The van der Waals surface area contributed by atoms with Gasteiger partial charge in [-0.2, -0.15) is 0 Å². The van der Waals surface area contributed by atoms with Crippen molar-refractivity contribution < 1.29 is 19.7 Å². The molecule has 0 spiro atoms. The fourth-order valence-corrected chi connectivity index (χ4v) is 2.26. The molecule has 0 aromatic heterocycles. The quantitative estimate of drug-likeness (QED) is 0.768. The van der Waals surface area contributed by atoms with E-state index in [1.165, 1.54) is 19.2 Å². The lowest BCUT2D eigenvalue weighted by molar-refractivity contribution is 0.0697. The number of carbonyl (C=O) groups is 1. The number of nitrogens with one attached hydrogen (secondary N) is 1. The first-order chi connectivity index (χ1) is 10.0. The number of benzene rings is 2. The smallest absolute Gasteiger partial charge is 0.335 e. The van der Waals surface area contributed by atoms with Gasteiger partial charge >= 0.3 is 5.97 Å². The summed E-state index contributed by atoms with van der Waals surface area (Å²) in [7, 11) is 1.53. The number of hydrogen-bond acceptors (Lipinski definition) is 4. The molecule has 2 aromatic rings. The third kappa shape index (κ3) is 3.66. The fourth-order valence-electron chi connectivity index (χ4n) is 1.84. The predicted molar refractivity (Wildman–Crippen MR) is 83.1 cm³/mol. The number of anilines is 1. The van der Waals surface area contributed by atoms with E-state index in [9.17, 15) is 9.90 Å². The highest BCUT2D eigenvalue weighted by Crippen LogP contribution is 2.28. The Hall–Kier alpha value is -2.21. The highest BCUT2D eigenvalue weighted by atomic mass is 79.9. The molecule has 0 bridgehead atoms. The van der Waals surface area contributed by atoms with E-state index in [0.717, 1.165) is 5.56 Å². The Morgan fingerprint density at radius 2 is 2.05 bits per heavy atom. The molecule has 2 rings (SSSR count). The third-order valence-electron chi connectivity index (χ3n) is 2.94. The van der Waals surface area contributed by atoms with E-state index < -0.39 is 5.97 Å². The van der Waals surface area contributed by atoms with E-state index >= 15 is 0 Å². The van der Waals surface area contributed by atoms with Crippen LogP contribution in [0, 0.1) is 0 Å². The van der Waals surface area contributed by atoms with Gasteiger partial charge in [0.25, 0.3) is 0 Å². The maximum Gasteiger partial charge on any atom is 0.335 e. The number of phenols is 1. The number of carboxylic acids is 1. The molecule has 0 heterocycles. The molecule has 0 saturated heterocycles. The molecule has 0 atom stereocenters. The Morgan fingerprint density at radius 1 is 1.29 bits per heavy atom. The lowest BCUT2D eigenvalue weighted by Gasteiger charge is -2.12. The van der Waals surface area contributed by atoms with Gasteiger partial charge in [0, 0.05) is 6.54 Å². The van der Waals surface area contributed by atoms with Gasteiger partial charge in [-0.1, -0.05) is 6.07 Å². The van der Waals surface area contributed by atoms with Gasteiger partial charge in [0.2, 0.25) is 0 Å². The van der Waals surface area contributed by atoms with Gasteiger partial charge in [-0.05, 0) is 51.8 Å². The van der Waals surface area contributed by atoms with Gasteiger partial charge in [0.1, 0.15) is 11.5 Å². The van der Waals surface area contributed by atoms with Crippen LogP contribution in [0.15, 0.2) is 40.9 Å². The largest absolute Gasteiger partial charge is 0.507 e. The van der Waals surface area contributed by atoms with Crippen LogP contribution in [0.2, 0.25) is 0 Å². The average Bonchev–Trinajstić information content (AvgIpc) is 2.48. The van der Waals surface area contributed by atoms with Gasteiger partial charge in [0.05, 0.1) is 22.8 Å². The summed E-state index contributed by atoms with van der Waals surface area (Å²) < 4.78 is 5.81. The number of carboxylic acid groups (broad SMARTS) is 1. The number of methoxy groups -OCH3 is 1. The molecular formula is C15H14BrNO4. The van der Waals surface area contributed by atoms with Gasteiger partial charge < -0.3 is 20.3 Å². The van der Waals surface area contributed by atoms with Crippen molar-refractivity contribution in [1.82, 2.24) is 0 Å². The van der Waals surface area contributed by atoms with Gasteiger partial charge in [-0.3, -0.25) is 0 Å². The van der Waals surface area contributed by atoms with Crippen LogP contribution in [0.3, 0.4) is 0 Å². The monoisotopic (exact) mass is 351 g/mol. The highest BCUT2D eigenvalue weighted by Gasteiger charge is 2.09. The highest BCUT2D eigenvalue weighted by molar-refractivity contribution is 9.10. The van der Waals surface area contributed by atoms with Crippen LogP contribution < -0.4 is 10.1 Å². The van der Waals surface area contributed by atoms with Crippen molar-refractivity contribution in [2.24, 2.45) is 0 Å². The summed E-state index contributed by atoms with van der Waals surface area (Å²) in [6.45, 7) is 0.471. The minimum Gasteiger partial charge on any atom is -0.507 e. The molecule has 0 saturated carbocycles. The molecule has 0 fully saturated rings. The van der Waals surface area contributed by atoms with Crippen LogP contribution in [0.1, 0.15) is 15.9 Å². The van der Waals surface area contributed by atoms with Crippen LogP contribution in [0.25, 0.3) is 0 Å². The molecule has 0 amide bonds. The molecular weight excluding hydrogens is 338 g/mol. The van der Waals surface area contributed by atoms with Crippen LogP contribution in [0.4, 0.5) is 5.69 Å². The molecule has 5 nitrogen and oxygen atoms in total.